The molecule has 3 nitrogen and oxygen atoms in total. The Hall–Kier alpha value is -3.07. The Bertz CT molecular complexity index is 1200. The Morgan fingerprint density at radius 3 is 2.56 bits per heavy atom. The first-order valence-corrected chi connectivity index (χ1v) is 9.47. The molecule has 0 saturated carbocycles. The first-order chi connectivity index (χ1) is 13.3. The molecular weight excluding hydrogens is 336 g/mol. The second-order valence-electron chi connectivity index (χ2n) is 7.18. The molecule has 0 fully saturated rings. The van der Waals surface area contributed by atoms with Crippen LogP contribution in [0, 0.1) is 0 Å². The second-order valence-corrected chi connectivity index (χ2v) is 7.18. The lowest BCUT2D eigenvalue weighted by atomic mass is 9.91. The number of fused-ring (bicyclic) bond motifs is 4. The molecule has 0 radical (unpaired) electrons. The molecule has 1 aliphatic carbocycles. The van der Waals surface area contributed by atoms with E-state index in [9.17, 15) is 4.79 Å². The number of aryl methyl sites for hydroxylation is 1. The minimum Gasteiger partial charge on any atom is -0.489 e. The summed E-state index contributed by atoms with van der Waals surface area (Å²) < 4.78 is 11.5. The molecule has 3 aromatic carbocycles. The molecule has 0 unspecified atom stereocenters. The predicted octanol–water partition coefficient (Wildman–Crippen LogP) is 5.40. The first-order valence-electron chi connectivity index (χ1n) is 9.47. The van der Waals surface area contributed by atoms with Crippen molar-refractivity contribution in [3.8, 4) is 5.75 Å². The lowest BCUT2D eigenvalue weighted by molar-refractivity contribution is 0.306. The Labute approximate surface area is 157 Å². The van der Waals surface area contributed by atoms with Gasteiger partial charge in [-0.2, -0.15) is 0 Å². The maximum absolute atomic E-state index is 12.3. The minimum absolute atomic E-state index is 0.191. The number of hydrogen-bond donors (Lipinski definition) is 0. The Kier molecular flexibility index (Phi) is 3.93. The lowest BCUT2D eigenvalue weighted by Gasteiger charge is -2.16. The average molecular weight is 356 g/mol. The van der Waals surface area contributed by atoms with Crippen LogP contribution < -0.4 is 10.4 Å². The van der Waals surface area contributed by atoms with Gasteiger partial charge in [0.15, 0.2) is 0 Å². The zero-order chi connectivity index (χ0) is 18.2. The molecular formula is C24H20O3. The number of rotatable bonds is 3. The number of ether oxygens (including phenoxy) is 1. The highest BCUT2D eigenvalue weighted by molar-refractivity contribution is 5.83. The van der Waals surface area contributed by atoms with Crippen LogP contribution in [-0.4, -0.2) is 0 Å². The van der Waals surface area contributed by atoms with Gasteiger partial charge in [-0.25, -0.2) is 4.79 Å². The average Bonchev–Trinajstić information content (AvgIpc) is 2.72. The molecule has 0 spiro atoms. The van der Waals surface area contributed by atoms with Crippen molar-refractivity contribution in [2.75, 3.05) is 0 Å². The molecule has 1 aromatic heterocycles. The summed E-state index contributed by atoms with van der Waals surface area (Å²) in [6.45, 7) is 0.478. The molecule has 134 valence electrons. The van der Waals surface area contributed by atoms with E-state index in [2.05, 4.69) is 30.3 Å². The third-order valence-electron chi connectivity index (χ3n) is 5.41. The number of hydrogen-bond acceptors (Lipinski definition) is 3. The van der Waals surface area contributed by atoms with Gasteiger partial charge in [0.1, 0.15) is 17.9 Å². The molecule has 27 heavy (non-hydrogen) atoms. The Morgan fingerprint density at radius 1 is 0.852 bits per heavy atom. The van der Waals surface area contributed by atoms with E-state index >= 15 is 0 Å². The quantitative estimate of drug-likeness (QED) is 0.461. The monoisotopic (exact) mass is 356 g/mol. The molecule has 4 aromatic rings. The van der Waals surface area contributed by atoms with Crippen molar-refractivity contribution in [1.29, 1.82) is 0 Å². The molecule has 5 rings (SSSR count). The molecule has 0 atom stereocenters. The van der Waals surface area contributed by atoms with E-state index in [1.807, 2.05) is 30.3 Å². The molecule has 0 bridgehead atoms. The van der Waals surface area contributed by atoms with Crippen molar-refractivity contribution in [2.24, 2.45) is 0 Å². The maximum Gasteiger partial charge on any atom is 0.339 e. The van der Waals surface area contributed by atoms with Gasteiger partial charge in [-0.05, 0) is 65.8 Å². The predicted molar refractivity (Wildman–Crippen MR) is 107 cm³/mol. The van der Waals surface area contributed by atoms with Crippen LogP contribution in [0.2, 0.25) is 0 Å². The van der Waals surface area contributed by atoms with Crippen molar-refractivity contribution >= 4 is 21.7 Å². The van der Waals surface area contributed by atoms with Crippen LogP contribution in [0.3, 0.4) is 0 Å². The van der Waals surface area contributed by atoms with Crippen molar-refractivity contribution in [3.63, 3.8) is 0 Å². The van der Waals surface area contributed by atoms with E-state index in [0.29, 0.717) is 12.2 Å². The van der Waals surface area contributed by atoms with Crippen LogP contribution in [0.25, 0.3) is 21.7 Å². The van der Waals surface area contributed by atoms with Crippen LogP contribution in [0.4, 0.5) is 0 Å². The van der Waals surface area contributed by atoms with Crippen LogP contribution in [0.1, 0.15) is 29.5 Å². The molecule has 1 heterocycles. The van der Waals surface area contributed by atoms with Crippen molar-refractivity contribution in [1.82, 2.24) is 0 Å². The van der Waals surface area contributed by atoms with Gasteiger partial charge in [-0.15, -0.1) is 0 Å². The SMILES string of the molecule is O=c1oc2cc(OCc3ccc4ccccc4c3)ccc2c2c1CCCC2. The summed E-state index contributed by atoms with van der Waals surface area (Å²) in [7, 11) is 0. The zero-order valence-corrected chi connectivity index (χ0v) is 15.0. The van der Waals surface area contributed by atoms with E-state index in [0.717, 1.165) is 53.5 Å². The lowest BCUT2D eigenvalue weighted by Crippen LogP contribution is -2.15. The highest BCUT2D eigenvalue weighted by atomic mass is 16.5. The van der Waals surface area contributed by atoms with E-state index < -0.39 is 0 Å². The van der Waals surface area contributed by atoms with Gasteiger partial charge in [0.25, 0.3) is 0 Å². The van der Waals surface area contributed by atoms with Gasteiger partial charge < -0.3 is 9.15 Å². The summed E-state index contributed by atoms with van der Waals surface area (Å²) >= 11 is 0. The van der Waals surface area contributed by atoms with Crippen LogP contribution in [0.15, 0.2) is 69.9 Å². The fourth-order valence-corrected chi connectivity index (χ4v) is 4.01. The minimum atomic E-state index is -0.191. The van der Waals surface area contributed by atoms with Gasteiger partial charge >= 0.3 is 5.63 Å². The van der Waals surface area contributed by atoms with Crippen molar-refractivity contribution in [2.45, 2.75) is 32.3 Å². The number of benzene rings is 3. The second kappa shape index (κ2) is 6.58. The van der Waals surface area contributed by atoms with Crippen LogP contribution in [-0.2, 0) is 19.4 Å². The first kappa shape index (κ1) is 16.1. The van der Waals surface area contributed by atoms with E-state index in [1.54, 1.807) is 0 Å². The molecule has 0 N–H and O–H groups in total. The molecule has 0 saturated heterocycles. The van der Waals surface area contributed by atoms with Crippen LogP contribution in [0.5, 0.6) is 5.75 Å². The van der Waals surface area contributed by atoms with Crippen LogP contribution >= 0.6 is 0 Å². The summed E-state index contributed by atoms with van der Waals surface area (Å²) in [5, 5.41) is 3.47. The Morgan fingerprint density at radius 2 is 1.67 bits per heavy atom. The van der Waals surface area contributed by atoms with Gasteiger partial charge in [-0.3, -0.25) is 0 Å². The van der Waals surface area contributed by atoms with E-state index in [-0.39, 0.29) is 5.63 Å². The largest absolute Gasteiger partial charge is 0.489 e. The van der Waals surface area contributed by atoms with Gasteiger partial charge in [0, 0.05) is 17.0 Å². The van der Waals surface area contributed by atoms with E-state index in [1.165, 1.54) is 10.8 Å². The molecule has 3 heteroatoms. The third-order valence-corrected chi connectivity index (χ3v) is 5.41. The third kappa shape index (κ3) is 2.99. The summed E-state index contributed by atoms with van der Waals surface area (Å²) in [4.78, 5) is 12.3. The molecule has 0 amide bonds. The summed E-state index contributed by atoms with van der Waals surface area (Å²) in [6.07, 6.45) is 3.98. The normalized spacial score (nSPS) is 13.6. The standard InChI is InChI=1S/C24H20O3/c25-24-22-8-4-3-7-20(22)21-12-11-19(14-23(21)27-24)26-15-16-9-10-17-5-1-2-6-18(17)13-16/h1-2,5-6,9-14H,3-4,7-8,15H2. The highest BCUT2D eigenvalue weighted by Gasteiger charge is 2.18. The summed E-state index contributed by atoms with van der Waals surface area (Å²) in [6, 6.07) is 20.5. The van der Waals surface area contributed by atoms with Gasteiger partial charge in [0.2, 0.25) is 0 Å². The summed E-state index contributed by atoms with van der Waals surface area (Å²) in [5.74, 6) is 0.717. The maximum atomic E-state index is 12.3. The zero-order valence-electron chi connectivity index (χ0n) is 15.0. The van der Waals surface area contributed by atoms with Crippen molar-refractivity contribution < 1.29 is 9.15 Å². The molecule has 1 aliphatic rings. The highest BCUT2D eigenvalue weighted by Crippen LogP contribution is 2.29. The smallest absolute Gasteiger partial charge is 0.339 e. The summed E-state index contributed by atoms with van der Waals surface area (Å²) in [5.41, 5.74) is 3.56. The van der Waals surface area contributed by atoms with Crippen molar-refractivity contribution in [3.05, 3.63) is 87.8 Å². The van der Waals surface area contributed by atoms with E-state index in [4.69, 9.17) is 9.15 Å². The fraction of sp³-hybridized carbons (Fsp3) is 0.208. The fourth-order valence-electron chi connectivity index (χ4n) is 4.01. The van der Waals surface area contributed by atoms with Gasteiger partial charge in [-0.1, -0.05) is 36.4 Å². The molecule has 0 aliphatic heterocycles. The topological polar surface area (TPSA) is 39.4 Å². The Balaban J connectivity index is 1.44. The van der Waals surface area contributed by atoms with Gasteiger partial charge in [0.05, 0.1) is 0 Å².